The molecule has 1 aromatic rings. The minimum atomic E-state index is -0.976. The standard InChI is InChI=1S/C19H21NO2/c1-3-16(14-10-6-4-7-11-14)19(2)18(21)20-17(22-19)15-12-8-5-9-13-15/h3,5,8-10,12-13,16H,1,4,6-7,11H2,2H3/t16-,19+/m0/s1. The molecular formula is C19H21NO2. The zero-order valence-corrected chi connectivity index (χ0v) is 12.9. The van der Waals surface area contributed by atoms with Crippen molar-refractivity contribution in [2.24, 2.45) is 10.9 Å². The van der Waals surface area contributed by atoms with Gasteiger partial charge in [0.25, 0.3) is 5.91 Å². The van der Waals surface area contributed by atoms with Gasteiger partial charge in [-0.25, -0.2) is 0 Å². The van der Waals surface area contributed by atoms with Gasteiger partial charge in [-0.15, -0.1) is 6.58 Å². The molecule has 1 heterocycles. The average Bonchev–Trinajstić information content (AvgIpc) is 2.86. The number of benzene rings is 1. The van der Waals surface area contributed by atoms with Gasteiger partial charge in [-0.1, -0.05) is 35.9 Å². The number of carbonyl (C=O) groups excluding carboxylic acids is 1. The van der Waals surface area contributed by atoms with E-state index in [1.807, 2.05) is 43.3 Å². The Labute approximate surface area is 131 Å². The fourth-order valence-corrected chi connectivity index (χ4v) is 3.25. The van der Waals surface area contributed by atoms with Gasteiger partial charge in [0, 0.05) is 11.5 Å². The summed E-state index contributed by atoms with van der Waals surface area (Å²) in [5, 5.41) is 0. The molecule has 1 aromatic carbocycles. The molecular weight excluding hydrogens is 274 g/mol. The maximum atomic E-state index is 12.5. The van der Waals surface area contributed by atoms with Gasteiger partial charge in [0.2, 0.25) is 5.90 Å². The van der Waals surface area contributed by atoms with Crippen molar-refractivity contribution in [3.05, 3.63) is 60.2 Å². The number of nitrogens with zero attached hydrogens (tertiary/aromatic N) is 1. The van der Waals surface area contributed by atoms with Gasteiger partial charge in [-0.2, -0.15) is 4.99 Å². The van der Waals surface area contributed by atoms with Crippen LogP contribution in [-0.2, 0) is 9.53 Å². The molecule has 2 aliphatic rings. The Morgan fingerprint density at radius 1 is 1.32 bits per heavy atom. The topological polar surface area (TPSA) is 38.7 Å². The zero-order chi connectivity index (χ0) is 15.6. The first-order valence-corrected chi connectivity index (χ1v) is 7.84. The number of ether oxygens (including phenoxy) is 1. The molecule has 22 heavy (non-hydrogen) atoms. The van der Waals surface area contributed by atoms with Crippen molar-refractivity contribution in [3.8, 4) is 0 Å². The third kappa shape index (κ3) is 2.52. The van der Waals surface area contributed by atoms with Crippen LogP contribution in [0.15, 0.2) is 59.6 Å². The minimum absolute atomic E-state index is 0.120. The Balaban J connectivity index is 1.89. The Hall–Kier alpha value is -2.16. The lowest BCUT2D eigenvalue weighted by Gasteiger charge is -2.32. The summed E-state index contributed by atoms with van der Waals surface area (Å²) in [6, 6.07) is 9.56. The number of carbonyl (C=O) groups is 1. The van der Waals surface area contributed by atoms with E-state index in [0.29, 0.717) is 5.90 Å². The number of rotatable bonds is 4. The molecule has 0 fully saturated rings. The molecule has 0 unspecified atom stereocenters. The molecule has 3 heteroatoms. The van der Waals surface area contributed by atoms with E-state index in [0.717, 1.165) is 24.8 Å². The fraction of sp³-hybridized carbons (Fsp3) is 0.368. The lowest BCUT2D eigenvalue weighted by Crippen LogP contribution is -2.42. The van der Waals surface area contributed by atoms with Crippen molar-refractivity contribution >= 4 is 11.8 Å². The molecule has 0 spiro atoms. The van der Waals surface area contributed by atoms with E-state index < -0.39 is 5.60 Å². The van der Waals surface area contributed by atoms with Gasteiger partial charge in [0.05, 0.1) is 0 Å². The van der Waals surface area contributed by atoms with Crippen molar-refractivity contribution < 1.29 is 9.53 Å². The van der Waals surface area contributed by atoms with Crippen LogP contribution in [0.5, 0.6) is 0 Å². The Morgan fingerprint density at radius 3 is 2.73 bits per heavy atom. The van der Waals surface area contributed by atoms with Crippen LogP contribution < -0.4 is 0 Å². The summed E-state index contributed by atoms with van der Waals surface area (Å²) in [6.07, 6.45) is 8.51. The van der Waals surface area contributed by atoms with Crippen LogP contribution in [0.25, 0.3) is 0 Å². The van der Waals surface area contributed by atoms with Gasteiger partial charge < -0.3 is 4.74 Å². The summed E-state index contributed by atoms with van der Waals surface area (Å²) in [4.78, 5) is 16.7. The van der Waals surface area contributed by atoms with E-state index in [1.165, 1.54) is 12.0 Å². The monoisotopic (exact) mass is 295 g/mol. The number of hydrogen-bond acceptors (Lipinski definition) is 2. The van der Waals surface area contributed by atoms with Crippen molar-refractivity contribution in [1.29, 1.82) is 0 Å². The first-order chi connectivity index (χ1) is 10.6. The molecule has 1 aliphatic carbocycles. The van der Waals surface area contributed by atoms with Crippen LogP contribution in [-0.4, -0.2) is 17.4 Å². The predicted octanol–water partition coefficient (Wildman–Crippen LogP) is 4.05. The lowest BCUT2D eigenvalue weighted by atomic mass is 9.78. The third-order valence-corrected chi connectivity index (χ3v) is 4.51. The van der Waals surface area contributed by atoms with Gasteiger partial charge in [-0.05, 0) is 44.7 Å². The molecule has 2 atom stereocenters. The quantitative estimate of drug-likeness (QED) is 0.786. The molecule has 0 bridgehead atoms. The Bertz CT molecular complexity index is 645. The molecule has 3 nitrogen and oxygen atoms in total. The van der Waals surface area contributed by atoms with Gasteiger partial charge in [0.15, 0.2) is 5.60 Å². The first kappa shape index (κ1) is 14.8. The number of aliphatic imine (C=N–C) groups is 1. The van der Waals surface area contributed by atoms with E-state index in [4.69, 9.17) is 4.74 Å². The second-order valence-electron chi connectivity index (χ2n) is 6.04. The number of allylic oxidation sites excluding steroid dienone is 1. The predicted molar refractivity (Wildman–Crippen MR) is 87.7 cm³/mol. The molecule has 0 saturated heterocycles. The van der Waals surface area contributed by atoms with Crippen LogP contribution in [0.3, 0.4) is 0 Å². The maximum absolute atomic E-state index is 12.5. The van der Waals surface area contributed by atoms with Crippen LogP contribution in [0.4, 0.5) is 0 Å². The second kappa shape index (κ2) is 5.91. The van der Waals surface area contributed by atoms with Gasteiger partial charge >= 0.3 is 0 Å². The van der Waals surface area contributed by atoms with Crippen LogP contribution in [0.1, 0.15) is 38.2 Å². The van der Waals surface area contributed by atoms with Crippen molar-refractivity contribution in [3.63, 3.8) is 0 Å². The summed E-state index contributed by atoms with van der Waals surface area (Å²) in [5.41, 5.74) is 1.11. The Kier molecular flexibility index (Phi) is 3.97. The van der Waals surface area contributed by atoms with Gasteiger partial charge in [-0.3, -0.25) is 4.79 Å². The minimum Gasteiger partial charge on any atom is -0.460 e. The van der Waals surface area contributed by atoms with Crippen molar-refractivity contribution in [2.75, 3.05) is 0 Å². The maximum Gasteiger partial charge on any atom is 0.293 e. The summed E-state index contributed by atoms with van der Waals surface area (Å²) < 4.78 is 6.04. The molecule has 0 aromatic heterocycles. The number of amides is 1. The molecule has 3 rings (SSSR count). The van der Waals surface area contributed by atoms with E-state index in [2.05, 4.69) is 17.6 Å². The van der Waals surface area contributed by atoms with Crippen LogP contribution in [0.2, 0.25) is 0 Å². The number of hydrogen-bond donors (Lipinski definition) is 0. The highest BCUT2D eigenvalue weighted by molar-refractivity contribution is 6.09. The molecule has 1 amide bonds. The Morgan fingerprint density at radius 2 is 2.09 bits per heavy atom. The van der Waals surface area contributed by atoms with Crippen molar-refractivity contribution in [2.45, 2.75) is 38.2 Å². The zero-order valence-electron chi connectivity index (χ0n) is 12.9. The van der Waals surface area contributed by atoms with E-state index in [-0.39, 0.29) is 11.8 Å². The van der Waals surface area contributed by atoms with Crippen LogP contribution >= 0.6 is 0 Å². The summed E-state index contributed by atoms with van der Waals surface area (Å²) in [5.74, 6) is 0.0735. The van der Waals surface area contributed by atoms with Gasteiger partial charge in [0.1, 0.15) is 0 Å². The van der Waals surface area contributed by atoms with E-state index in [1.54, 1.807) is 0 Å². The largest absolute Gasteiger partial charge is 0.460 e. The smallest absolute Gasteiger partial charge is 0.293 e. The lowest BCUT2D eigenvalue weighted by molar-refractivity contribution is -0.131. The van der Waals surface area contributed by atoms with E-state index in [9.17, 15) is 4.79 Å². The summed E-state index contributed by atoms with van der Waals surface area (Å²) in [6.45, 7) is 5.76. The molecule has 114 valence electrons. The molecule has 0 N–H and O–H groups in total. The SMILES string of the molecule is C=C[C@@H](C1=CCCCC1)[C@@]1(C)OC(c2ccccc2)=NC1=O. The fourth-order valence-electron chi connectivity index (χ4n) is 3.25. The average molecular weight is 295 g/mol. The second-order valence-corrected chi connectivity index (χ2v) is 6.04. The van der Waals surface area contributed by atoms with Crippen LogP contribution in [0, 0.1) is 5.92 Å². The molecule has 0 saturated carbocycles. The summed E-state index contributed by atoms with van der Waals surface area (Å²) in [7, 11) is 0. The highest BCUT2D eigenvalue weighted by Crippen LogP contribution is 2.38. The first-order valence-electron chi connectivity index (χ1n) is 7.84. The van der Waals surface area contributed by atoms with Crippen molar-refractivity contribution in [1.82, 2.24) is 0 Å². The third-order valence-electron chi connectivity index (χ3n) is 4.51. The molecule has 0 radical (unpaired) electrons. The normalized spacial score (nSPS) is 26.0. The van der Waals surface area contributed by atoms with E-state index >= 15 is 0 Å². The molecule has 1 aliphatic heterocycles. The highest BCUT2D eigenvalue weighted by atomic mass is 16.5. The highest BCUT2D eigenvalue weighted by Gasteiger charge is 2.48. The summed E-state index contributed by atoms with van der Waals surface area (Å²) >= 11 is 0.